The van der Waals surface area contributed by atoms with Gasteiger partial charge in [0.05, 0.1) is 12.5 Å². The summed E-state index contributed by atoms with van der Waals surface area (Å²) in [4.78, 5) is 28.4. The standard InChI is InChI=1S/C16H21N3O5S/c20-15(12-1-3-14(4-2-12)17-25(22)23)18-6-8-19(9-7-18)16(21)13-5-10-24-11-13/h1-4,13,25H,5-11H2,(H,17,22,23). The number of thiol groups is 1. The van der Waals surface area contributed by atoms with Gasteiger partial charge < -0.3 is 14.5 Å². The number of ether oxygens (including phenoxy) is 1. The van der Waals surface area contributed by atoms with Crippen LogP contribution in [0.5, 0.6) is 0 Å². The number of piperazine rings is 1. The Morgan fingerprint density at radius 2 is 1.68 bits per heavy atom. The summed E-state index contributed by atoms with van der Waals surface area (Å²) in [6.45, 7) is 3.16. The highest BCUT2D eigenvalue weighted by atomic mass is 32.2. The van der Waals surface area contributed by atoms with Gasteiger partial charge in [-0.3, -0.25) is 14.3 Å². The summed E-state index contributed by atoms with van der Waals surface area (Å²) in [6.07, 6.45) is 0.771. The van der Waals surface area contributed by atoms with Crippen molar-refractivity contribution in [1.82, 2.24) is 9.80 Å². The smallest absolute Gasteiger partial charge is 0.253 e. The molecular weight excluding hydrogens is 346 g/mol. The zero-order valence-electron chi connectivity index (χ0n) is 13.7. The molecule has 2 heterocycles. The molecule has 0 aromatic heterocycles. The molecule has 1 aromatic rings. The number of nitrogens with zero attached hydrogens (tertiary/aromatic N) is 2. The Morgan fingerprint density at radius 3 is 2.24 bits per heavy atom. The van der Waals surface area contributed by atoms with Crippen molar-refractivity contribution in [3.63, 3.8) is 0 Å². The largest absolute Gasteiger partial charge is 0.381 e. The van der Waals surface area contributed by atoms with Crippen LogP contribution in [-0.2, 0) is 20.4 Å². The molecule has 8 nitrogen and oxygen atoms in total. The van der Waals surface area contributed by atoms with Crippen LogP contribution in [-0.4, -0.2) is 69.4 Å². The first-order valence-electron chi connectivity index (χ1n) is 8.21. The fourth-order valence-corrected chi connectivity index (χ4v) is 3.45. The third kappa shape index (κ3) is 4.29. The van der Waals surface area contributed by atoms with E-state index >= 15 is 0 Å². The maximum Gasteiger partial charge on any atom is 0.253 e. The molecule has 1 N–H and O–H groups in total. The van der Waals surface area contributed by atoms with E-state index < -0.39 is 10.9 Å². The van der Waals surface area contributed by atoms with Crippen LogP contribution in [0.2, 0.25) is 0 Å². The number of hydrogen-bond donors (Lipinski definition) is 2. The Bertz CT molecular complexity index is 697. The van der Waals surface area contributed by atoms with E-state index in [-0.39, 0.29) is 17.7 Å². The second-order valence-corrected chi connectivity index (χ2v) is 6.86. The van der Waals surface area contributed by atoms with Crippen molar-refractivity contribution in [2.24, 2.45) is 5.92 Å². The molecule has 1 aromatic carbocycles. The van der Waals surface area contributed by atoms with Crippen LogP contribution in [0.4, 0.5) is 5.69 Å². The molecule has 2 fully saturated rings. The van der Waals surface area contributed by atoms with Crippen LogP contribution >= 0.6 is 0 Å². The van der Waals surface area contributed by atoms with Gasteiger partial charge in [0.1, 0.15) is 0 Å². The van der Waals surface area contributed by atoms with Gasteiger partial charge in [-0.05, 0) is 30.7 Å². The summed E-state index contributed by atoms with van der Waals surface area (Å²) in [7, 11) is -2.72. The fourth-order valence-electron chi connectivity index (χ4n) is 3.09. The SMILES string of the molecule is O=C(c1ccc(N[SH](=O)=O)cc1)N1CCN(C(=O)C2CCOC2)CC1. The molecule has 3 rings (SSSR count). The molecule has 0 spiro atoms. The third-order valence-electron chi connectivity index (χ3n) is 4.51. The minimum Gasteiger partial charge on any atom is -0.381 e. The summed E-state index contributed by atoms with van der Waals surface area (Å²) < 4.78 is 28.8. The van der Waals surface area contributed by atoms with Crippen LogP contribution in [0, 0.1) is 5.92 Å². The van der Waals surface area contributed by atoms with E-state index in [2.05, 4.69) is 4.72 Å². The van der Waals surface area contributed by atoms with Crippen molar-refractivity contribution in [2.75, 3.05) is 44.1 Å². The maximum atomic E-state index is 12.5. The summed E-state index contributed by atoms with van der Waals surface area (Å²) in [6, 6.07) is 6.30. The number of amides is 2. The molecule has 2 saturated heterocycles. The van der Waals surface area contributed by atoms with Crippen LogP contribution in [0.3, 0.4) is 0 Å². The number of carbonyl (C=O) groups excluding carboxylic acids is 2. The quantitative estimate of drug-likeness (QED) is 0.727. The second kappa shape index (κ2) is 7.83. The number of anilines is 1. The van der Waals surface area contributed by atoms with E-state index in [1.165, 1.54) is 0 Å². The maximum absolute atomic E-state index is 12.5. The second-order valence-electron chi connectivity index (χ2n) is 6.12. The van der Waals surface area contributed by atoms with Crippen molar-refractivity contribution in [3.8, 4) is 0 Å². The Kier molecular flexibility index (Phi) is 5.54. The number of nitrogens with one attached hydrogen (secondary N) is 1. The van der Waals surface area contributed by atoms with Crippen molar-refractivity contribution in [1.29, 1.82) is 0 Å². The van der Waals surface area contributed by atoms with Crippen LogP contribution in [0.15, 0.2) is 24.3 Å². The predicted octanol–water partition coefficient (Wildman–Crippen LogP) is -0.0542. The lowest BCUT2D eigenvalue weighted by atomic mass is 10.1. The average molecular weight is 367 g/mol. The normalized spacial score (nSPS) is 20.8. The number of benzene rings is 1. The fraction of sp³-hybridized carbons (Fsp3) is 0.500. The predicted molar refractivity (Wildman–Crippen MR) is 91.8 cm³/mol. The van der Waals surface area contributed by atoms with Gasteiger partial charge in [-0.1, -0.05) is 0 Å². The molecule has 2 aliphatic rings. The summed E-state index contributed by atoms with van der Waals surface area (Å²) in [5, 5.41) is 0. The van der Waals surface area contributed by atoms with Crippen LogP contribution in [0.1, 0.15) is 16.8 Å². The molecule has 25 heavy (non-hydrogen) atoms. The van der Waals surface area contributed by atoms with Gasteiger partial charge in [0.25, 0.3) is 5.91 Å². The topological polar surface area (TPSA) is 96.0 Å². The van der Waals surface area contributed by atoms with E-state index in [4.69, 9.17) is 4.74 Å². The highest BCUT2D eigenvalue weighted by Gasteiger charge is 2.31. The molecule has 0 radical (unpaired) electrons. The molecule has 9 heteroatoms. The average Bonchev–Trinajstić information content (AvgIpc) is 3.15. The lowest BCUT2D eigenvalue weighted by molar-refractivity contribution is -0.137. The molecule has 136 valence electrons. The minimum absolute atomic E-state index is 0.0465. The molecular formula is C16H21N3O5S. The molecule has 0 saturated carbocycles. The van der Waals surface area contributed by atoms with E-state index in [1.807, 2.05) is 0 Å². The van der Waals surface area contributed by atoms with Gasteiger partial charge in [-0.25, -0.2) is 8.42 Å². The highest BCUT2D eigenvalue weighted by Crippen LogP contribution is 2.18. The van der Waals surface area contributed by atoms with Gasteiger partial charge >= 0.3 is 0 Å². The lowest BCUT2D eigenvalue weighted by Gasteiger charge is -2.35. The zero-order valence-corrected chi connectivity index (χ0v) is 14.6. The lowest BCUT2D eigenvalue weighted by Crippen LogP contribution is -2.52. The first-order valence-corrected chi connectivity index (χ1v) is 9.39. The zero-order chi connectivity index (χ0) is 17.8. The van der Waals surface area contributed by atoms with Crippen LogP contribution in [0.25, 0.3) is 0 Å². The molecule has 2 amide bonds. The van der Waals surface area contributed by atoms with Gasteiger partial charge in [0, 0.05) is 44.0 Å². The molecule has 1 atom stereocenters. The first-order chi connectivity index (χ1) is 12.0. The molecule has 0 aliphatic carbocycles. The Morgan fingerprint density at radius 1 is 1.04 bits per heavy atom. The summed E-state index contributed by atoms with van der Waals surface area (Å²) in [5.74, 6) is -0.0454. The third-order valence-corrected chi connectivity index (χ3v) is 4.95. The first kappa shape index (κ1) is 17.7. The summed E-state index contributed by atoms with van der Waals surface area (Å²) in [5.41, 5.74) is 0.914. The van der Waals surface area contributed by atoms with E-state index in [1.54, 1.807) is 34.1 Å². The molecule has 0 bridgehead atoms. The summed E-state index contributed by atoms with van der Waals surface area (Å²) >= 11 is 0. The van der Waals surface area contributed by atoms with Gasteiger partial charge in [0.2, 0.25) is 16.8 Å². The van der Waals surface area contributed by atoms with Crippen molar-refractivity contribution < 1.29 is 22.7 Å². The van der Waals surface area contributed by atoms with Gasteiger partial charge in [-0.2, -0.15) is 0 Å². The van der Waals surface area contributed by atoms with Crippen LogP contribution < -0.4 is 4.72 Å². The Labute approximate surface area is 147 Å². The van der Waals surface area contributed by atoms with Gasteiger partial charge in [0.15, 0.2) is 0 Å². The number of carbonyl (C=O) groups is 2. The number of rotatable bonds is 4. The van der Waals surface area contributed by atoms with Crippen molar-refractivity contribution in [2.45, 2.75) is 6.42 Å². The van der Waals surface area contributed by atoms with Gasteiger partial charge in [-0.15, -0.1) is 0 Å². The molecule has 1 unspecified atom stereocenters. The van der Waals surface area contributed by atoms with E-state index in [9.17, 15) is 18.0 Å². The van der Waals surface area contributed by atoms with E-state index in [0.29, 0.717) is 50.6 Å². The van der Waals surface area contributed by atoms with Crippen molar-refractivity contribution in [3.05, 3.63) is 29.8 Å². The van der Waals surface area contributed by atoms with Crippen molar-refractivity contribution >= 4 is 28.4 Å². The highest BCUT2D eigenvalue weighted by molar-refractivity contribution is 7.73. The van der Waals surface area contributed by atoms with E-state index in [0.717, 1.165) is 6.42 Å². The monoisotopic (exact) mass is 367 g/mol. The number of hydrogen-bond acceptors (Lipinski definition) is 5. The Balaban J connectivity index is 1.55. The minimum atomic E-state index is -2.72. The Hall–Kier alpha value is -2.13. The molecule has 2 aliphatic heterocycles.